The number of hydrogen-bond donors (Lipinski definition) is 3. The Hall–Kier alpha value is -0.149. The number of hydrogen-bond acceptors (Lipinski definition) is 20. The number of methoxy groups -OCH3 is 2. The summed E-state index contributed by atoms with van der Waals surface area (Å²) in [6, 6.07) is 2.16. The minimum atomic E-state index is -2.51. The second-order valence-electron chi connectivity index (χ2n) is 12.8. The number of rotatable bonds is 39. The van der Waals surface area contributed by atoms with Gasteiger partial charge in [-0.1, -0.05) is 13.3 Å². The molecule has 0 aromatic heterocycles. The first kappa shape index (κ1) is 64.1. The van der Waals surface area contributed by atoms with Crippen LogP contribution in [0, 0.1) is 0 Å². The molecule has 366 valence electrons. The molecule has 0 amide bonds. The summed E-state index contributed by atoms with van der Waals surface area (Å²) >= 11 is 0. The van der Waals surface area contributed by atoms with Crippen molar-refractivity contribution >= 4 is 26.4 Å². The molecule has 1 aliphatic rings. The van der Waals surface area contributed by atoms with Gasteiger partial charge in [-0.15, -0.1) is 0 Å². The molecule has 1 rings (SSSR count). The summed E-state index contributed by atoms with van der Waals surface area (Å²) in [4.78, 5) is 0. The van der Waals surface area contributed by atoms with Crippen LogP contribution in [-0.2, 0) is 77.7 Å². The maximum Gasteiger partial charge on any atom is 0.500 e. The van der Waals surface area contributed by atoms with Gasteiger partial charge in [-0.2, -0.15) is 0 Å². The fraction of sp³-hybridized carbons (Fsp3) is 1.00. The Morgan fingerprint density at radius 3 is 1.22 bits per heavy atom. The fourth-order valence-corrected chi connectivity index (χ4v) is 9.78. The van der Waals surface area contributed by atoms with E-state index >= 15 is 0 Å². The zero-order valence-electron chi connectivity index (χ0n) is 39.1. The van der Waals surface area contributed by atoms with Crippen molar-refractivity contribution in [2.75, 3.05) is 171 Å². The molecule has 0 radical (unpaired) electrons. The summed E-state index contributed by atoms with van der Waals surface area (Å²) in [5.74, 6) is 0. The standard InChI is InChI=1S/C13H30O6Si.C12H28O7Si.C9H20O5Si.C3H8O2/c1-5-6-8-18-11-13(14)12-19-9-7-10-20(15-2,16-3)17-4;1-14-7-8-19-12(10-13)11-18-6-5-9-20(15-2,16-3)17-4;1-10-15(11-2,12-3)6-4-5-13-7-9-8-14-9;1-5-3-2-4/h13-14H,5-12H2,1-4H3;12-13H,5-11H2,1-4H3;9H,4-8H2,1-3H3;4H,2-3H2,1H3. The van der Waals surface area contributed by atoms with Gasteiger partial charge in [-0.25, -0.2) is 0 Å². The molecular weight excluding hydrogens is 849 g/mol. The third kappa shape index (κ3) is 36.2. The van der Waals surface area contributed by atoms with Gasteiger partial charge in [-0.05, 0) is 25.7 Å². The molecule has 0 saturated carbocycles. The highest BCUT2D eigenvalue weighted by atomic mass is 28.4. The first-order valence-electron chi connectivity index (χ1n) is 20.4. The second-order valence-corrected chi connectivity index (χ2v) is 22.1. The van der Waals surface area contributed by atoms with E-state index in [0.29, 0.717) is 84.3 Å². The molecular formula is C37H86O20Si3. The number of epoxide rings is 1. The van der Waals surface area contributed by atoms with E-state index in [1.807, 2.05) is 0 Å². The van der Waals surface area contributed by atoms with E-state index in [1.165, 1.54) is 0 Å². The predicted octanol–water partition coefficient (Wildman–Crippen LogP) is 2.04. The van der Waals surface area contributed by atoms with Crippen LogP contribution >= 0.6 is 0 Å². The molecule has 1 saturated heterocycles. The summed E-state index contributed by atoms with van der Waals surface area (Å²) in [6.45, 7) is 8.50. The molecule has 3 N–H and O–H groups in total. The first-order chi connectivity index (χ1) is 29.0. The second kappa shape index (κ2) is 45.4. The van der Waals surface area contributed by atoms with Gasteiger partial charge in [0.25, 0.3) is 0 Å². The van der Waals surface area contributed by atoms with Gasteiger partial charge in [0.2, 0.25) is 0 Å². The maximum absolute atomic E-state index is 9.63. The van der Waals surface area contributed by atoms with Gasteiger partial charge < -0.3 is 93.0 Å². The molecule has 1 fully saturated rings. The Kier molecular flexibility index (Phi) is 48.6. The van der Waals surface area contributed by atoms with Crippen molar-refractivity contribution in [2.24, 2.45) is 0 Å². The average molecular weight is 935 g/mol. The van der Waals surface area contributed by atoms with Crippen LogP contribution in [0.25, 0.3) is 0 Å². The average Bonchev–Trinajstić information content (AvgIpc) is 4.12. The highest BCUT2D eigenvalue weighted by Gasteiger charge is 2.38. The summed E-state index contributed by atoms with van der Waals surface area (Å²) < 4.78 is 89.1. The molecule has 3 unspecified atom stereocenters. The van der Waals surface area contributed by atoms with Gasteiger partial charge in [0, 0.05) is 123 Å². The molecule has 0 aromatic carbocycles. The smallest absolute Gasteiger partial charge is 0.394 e. The van der Waals surface area contributed by atoms with Crippen LogP contribution in [0.15, 0.2) is 0 Å². The Morgan fingerprint density at radius 2 is 0.900 bits per heavy atom. The molecule has 60 heavy (non-hydrogen) atoms. The highest BCUT2D eigenvalue weighted by Crippen LogP contribution is 2.17. The SMILES string of the molecule is CCCCOCC(O)COCCC[Si](OC)(OC)OC.COCCO.COCCOC(CO)COCCC[Si](OC)(OC)OC.CO[Si](CCCOCC1CO1)(OC)OC. The van der Waals surface area contributed by atoms with E-state index in [1.54, 1.807) is 78.2 Å². The summed E-state index contributed by atoms with van der Waals surface area (Å²) in [6.07, 6.45) is 3.97. The lowest BCUT2D eigenvalue weighted by atomic mass is 10.3. The van der Waals surface area contributed by atoms with E-state index in [4.69, 9.17) is 83.2 Å². The Labute approximate surface area is 364 Å². The van der Waals surface area contributed by atoms with Crippen molar-refractivity contribution in [2.45, 2.75) is 75.5 Å². The highest BCUT2D eigenvalue weighted by molar-refractivity contribution is 6.61. The molecule has 0 aromatic rings. The fourth-order valence-electron chi connectivity index (χ4n) is 4.71. The Bertz CT molecular complexity index is 820. The van der Waals surface area contributed by atoms with Crippen molar-refractivity contribution in [3.05, 3.63) is 0 Å². The van der Waals surface area contributed by atoms with Crippen LogP contribution in [-0.4, -0.2) is 231 Å². The zero-order chi connectivity index (χ0) is 45.8. The van der Waals surface area contributed by atoms with Gasteiger partial charge in [0.05, 0.1) is 66.1 Å². The number of unbranched alkanes of at least 4 members (excludes halogenated alkanes) is 1. The third-order valence-electron chi connectivity index (χ3n) is 8.53. The topological polar surface area (TPSA) is 221 Å². The molecule has 0 aliphatic carbocycles. The van der Waals surface area contributed by atoms with Crippen molar-refractivity contribution in [1.82, 2.24) is 0 Å². The van der Waals surface area contributed by atoms with E-state index in [-0.39, 0.29) is 25.9 Å². The lowest BCUT2D eigenvalue weighted by molar-refractivity contribution is -0.0549. The lowest BCUT2D eigenvalue weighted by Gasteiger charge is -2.24. The van der Waals surface area contributed by atoms with E-state index in [2.05, 4.69) is 11.7 Å². The van der Waals surface area contributed by atoms with Crippen molar-refractivity contribution in [3.8, 4) is 0 Å². The summed E-state index contributed by atoms with van der Waals surface area (Å²) in [7, 11) is 10.2. The summed E-state index contributed by atoms with van der Waals surface area (Å²) in [5.41, 5.74) is 0. The van der Waals surface area contributed by atoms with Crippen molar-refractivity contribution in [3.63, 3.8) is 0 Å². The molecule has 0 spiro atoms. The lowest BCUT2D eigenvalue weighted by Crippen LogP contribution is -2.42. The third-order valence-corrected chi connectivity index (χ3v) is 17.0. The van der Waals surface area contributed by atoms with Gasteiger partial charge >= 0.3 is 26.4 Å². The first-order valence-corrected chi connectivity index (χ1v) is 26.2. The van der Waals surface area contributed by atoms with Crippen LogP contribution in [0.2, 0.25) is 18.1 Å². The van der Waals surface area contributed by atoms with E-state index in [9.17, 15) is 5.11 Å². The Morgan fingerprint density at radius 1 is 0.517 bits per heavy atom. The van der Waals surface area contributed by atoms with Crippen molar-refractivity contribution < 1.29 is 93.0 Å². The van der Waals surface area contributed by atoms with Gasteiger partial charge in [0.15, 0.2) is 0 Å². The largest absolute Gasteiger partial charge is 0.500 e. The van der Waals surface area contributed by atoms with Crippen LogP contribution < -0.4 is 0 Å². The predicted molar refractivity (Wildman–Crippen MR) is 230 cm³/mol. The quantitative estimate of drug-likeness (QED) is 0.0456. The molecule has 3 atom stereocenters. The maximum atomic E-state index is 9.63. The normalized spacial score (nSPS) is 14.9. The molecule has 23 heteroatoms. The number of aliphatic hydroxyl groups is 3. The number of ether oxygens (including phenoxy) is 8. The Balaban J connectivity index is -0.000000773. The van der Waals surface area contributed by atoms with Crippen LogP contribution in [0.3, 0.4) is 0 Å². The van der Waals surface area contributed by atoms with Crippen molar-refractivity contribution in [1.29, 1.82) is 0 Å². The van der Waals surface area contributed by atoms with E-state index in [0.717, 1.165) is 44.8 Å². The molecule has 1 aliphatic heterocycles. The van der Waals surface area contributed by atoms with Crippen LogP contribution in [0.1, 0.15) is 39.0 Å². The molecule has 0 bridgehead atoms. The number of aliphatic hydroxyl groups excluding tert-OH is 3. The van der Waals surface area contributed by atoms with Crippen LogP contribution in [0.5, 0.6) is 0 Å². The minimum Gasteiger partial charge on any atom is -0.394 e. The molecule has 20 nitrogen and oxygen atoms in total. The monoisotopic (exact) mass is 935 g/mol. The van der Waals surface area contributed by atoms with Gasteiger partial charge in [0.1, 0.15) is 18.3 Å². The van der Waals surface area contributed by atoms with Crippen LogP contribution in [0.4, 0.5) is 0 Å². The minimum absolute atomic E-state index is 0.0728. The summed E-state index contributed by atoms with van der Waals surface area (Å²) in [5, 5.41) is 26.7. The molecule has 1 heterocycles. The zero-order valence-corrected chi connectivity index (χ0v) is 42.1. The van der Waals surface area contributed by atoms with Gasteiger partial charge in [-0.3, -0.25) is 0 Å². The van der Waals surface area contributed by atoms with E-state index < -0.39 is 32.5 Å².